The molecule has 0 unspecified atom stereocenters. The average Bonchev–Trinajstić information content (AvgIpc) is 2.28. The lowest BCUT2D eigenvalue weighted by molar-refractivity contribution is -0.385. The number of rotatable bonds is 5. The van der Waals surface area contributed by atoms with Gasteiger partial charge in [0.2, 0.25) is 0 Å². The van der Waals surface area contributed by atoms with Crippen molar-refractivity contribution in [1.82, 2.24) is 0 Å². The van der Waals surface area contributed by atoms with Crippen LogP contribution in [0.15, 0.2) is 12.1 Å². The van der Waals surface area contributed by atoms with E-state index in [0.717, 1.165) is 0 Å². The summed E-state index contributed by atoms with van der Waals surface area (Å²) >= 11 is 0. The Bertz CT molecular complexity index is 391. The number of methoxy groups -OCH3 is 2. The van der Waals surface area contributed by atoms with Gasteiger partial charge in [0, 0.05) is 18.6 Å². The monoisotopic (exact) mass is 227 g/mol. The molecule has 0 fully saturated rings. The molecule has 0 aromatic heterocycles. The molecule has 0 saturated heterocycles. The summed E-state index contributed by atoms with van der Waals surface area (Å²) in [7, 11) is 2.86. The molecule has 0 amide bonds. The number of nitro benzene ring substituents is 1. The highest BCUT2D eigenvalue weighted by molar-refractivity contribution is 5.54. The molecule has 6 nitrogen and oxygen atoms in total. The van der Waals surface area contributed by atoms with Gasteiger partial charge in [-0.2, -0.15) is 0 Å². The molecule has 0 atom stereocenters. The van der Waals surface area contributed by atoms with Gasteiger partial charge in [-0.25, -0.2) is 0 Å². The molecule has 0 aliphatic rings. The number of hydrogen-bond acceptors (Lipinski definition) is 5. The normalized spacial score (nSPS) is 9.94. The van der Waals surface area contributed by atoms with Gasteiger partial charge in [-0.3, -0.25) is 10.1 Å². The maximum absolute atomic E-state index is 10.8. The van der Waals surface area contributed by atoms with Crippen molar-refractivity contribution >= 4 is 5.69 Å². The summed E-state index contributed by atoms with van der Waals surface area (Å²) < 4.78 is 10.00. The second-order valence-electron chi connectivity index (χ2n) is 3.07. The molecule has 6 heteroatoms. The standard InChI is InChI=1S/C10H13NO5/c1-15-9-5-7(3-4-12)8(11(13)14)6-10(9)16-2/h5-6,12H,3-4H2,1-2H3. The summed E-state index contributed by atoms with van der Waals surface area (Å²) in [5, 5.41) is 19.6. The van der Waals surface area contributed by atoms with Crippen LogP contribution in [-0.2, 0) is 6.42 Å². The van der Waals surface area contributed by atoms with Gasteiger partial charge in [0.25, 0.3) is 5.69 Å². The number of aliphatic hydroxyl groups excluding tert-OH is 1. The SMILES string of the molecule is COc1cc(CCO)c([N+](=O)[O-])cc1OC. The molecule has 1 rings (SSSR count). The van der Waals surface area contributed by atoms with Crippen molar-refractivity contribution in [3.63, 3.8) is 0 Å². The summed E-state index contributed by atoms with van der Waals surface area (Å²) in [6.07, 6.45) is 0.205. The summed E-state index contributed by atoms with van der Waals surface area (Å²) in [6.45, 7) is -0.156. The number of nitrogens with zero attached hydrogens (tertiary/aromatic N) is 1. The second kappa shape index (κ2) is 5.32. The third-order valence-corrected chi connectivity index (χ3v) is 2.16. The van der Waals surface area contributed by atoms with Crippen LogP contribution in [-0.4, -0.2) is 30.9 Å². The van der Waals surface area contributed by atoms with Crippen LogP contribution in [0, 0.1) is 10.1 Å². The Morgan fingerprint density at radius 3 is 2.31 bits per heavy atom. The van der Waals surface area contributed by atoms with Gasteiger partial charge in [0.05, 0.1) is 25.2 Å². The maximum Gasteiger partial charge on any atom is 0.276 e. The molecule has 16 heavy (non-hydrogen) atoms. The van der Waals surface area contributed by atoms with Gasteiger partial charge in [0.15, 0.2) is 11.5 Å². The van der Waals surface area contributed by atoms with Crippen LogP contribution >= 0.6 is 0 Å². The van der Waals surface area contributed by atoms with E-state index < -0.39 is 4.92 Å². The topological polar surface area (TPSA) is 81.8 Å². The molecule has 0 radical (unpaired) electrons. The predicted molar refractivity (Wildman–Crippen MR) is 57.0 cm³/mol. The molecule has 0 aliphatic carbocycles. The van der Waals surface area contributed by atoms with E-state index in [1.807, 2.05) is 0 Å². The first kappa shape index (κ1) is 12.3. The molecule has 1 N–H and O–H groups in total. The van der Waals surface area contributed by atoms with Crippen molar-refractivity contribution in [2.75, 3.05) is 20.8 Å². The zero-order chi connectivity index (χ0) is 12.1. The van der Waals surface area contributed by atoms with Crippen LogP contribution in [0.3, 0.4) is 0 Å². The smallest absolute Gasteiger partial charge is 0.276 e. The lowest BCUT2D eigenvalue weighted by Crippen LogP contribution is -2.01. The minimum Gasteiger partial charge on any atom is -0.493 e. The van der Waals surface area contributed by atoms with Gasteiger partial charge >= 0.3 is 0 Å². The fourth-order valence-corrected chi connectivity index (χ4v) is 1.40. The van der Waals surface area contributed by atoms with E-state index in [4.69, 9.17) is 14.6 Å². The van der Waals surface area contributed by atoms with Crippen molar-refractivity contribution < 1.29 is 19.5 Å². The molecule has 1 aromatic rings. The second-order valence-corrected chi connectivity index (χ2v) is 3.07. The number of nitro groups is 1. The molecule has 88 valence electrons. The predicted octanol–water partition coefficient (Wildman–Crippen LogP) is 1.15. The van der Waals surface area contributed by atoms with E-state index in [1.54, 1.807) is 0 Å². The van der Waals surface area contributed by atoms with E-state index in [-0.39, 0.29) is 18.7 Å². The minimum absolute atomic E-state index is 0.0771. The van der Waals surface area contributed by atoms with Crippen molar-refractivity contribution in [1.29, 1.82) is 0 Å². The molecule has 0 saturated carbocycles. The summed E-state index contributed by atoms with van der Waals surface area (Å²) in [4.78, 5) is 10.3. The van der Waals surface area contributed by atoms with Gasteiger partial charge in [0.1, 0.15) is 0 Å². The van der Waals surface area contributed by atoms with Crippen molar-refractivity contribution in [2.24, 2.45) is 0 Å². The highest BCUT2D eigenvalue weighted by Crippen LogP contribution is 2.34. The number of hydrogen-bond donors (Lipinski definition) is 1. The molecular formula is C10H13NO5. The zero-order valence-corrected chi connectivity index (χ0v) is 9.10. The van der Waals surface area contributed by atoms with E-state index >= 15 is 0 Å². The van der Waals surface area contributed by atoms with Crippen LogP contribution in [0.5, 0.6) is 11.5 Å². The quantitative estimate of drug-likeness (QED) is 0.602. The van der Waals surface area contributed by atoms with Crippen LogP contribution in [0.4, 0.5) is 5.69 Å². The Labute approximate surface area is 92.6 Å². The molecular weight excluding hydrogens is 214 g/mol. The zero-order valence-electron chi connectivity index (χ0n) is 9.10. The maximum atomic E-state index is 10.8. The third kappa shape index (κ3) is 2.40. The number of ether oxygens (including phenoxy) is 2. The van der Waals surface area contributed by atoms with E-state index in [2.05, 4.69) is 0 Å². The van der Waals surface area contributed by atoms with Crippen molar-refractivity contribution in [3.05, 3.63) is 27.8 Å². The van der Waals surface area contributed by atoms with Crippen molar-refractivity contribution in [2.45, 2.75) is 6.42 Å². The first-order chi connectivity index (χ1) is 7.63. The fourth-order valence-electron chi connectivity index (χ4n) is 1.40. The molecule has 0 bridgehead atoms. The molecule has 1 aromatic carbocycles. The van der Waals surface area contributed by atoms with Crippen LogP contribution in [0.2, 0.25) is 0 Å². The first-order valence-corrected chi connectivity index (χ1v) is 4.64. The van der Waals surface area contributed by atoms with Gasteiger partial charge in [-0.1, -0.05) is 0 Å². The molecule has 0 heterocycles. The minimum atomic E-state index is -0.507. The lowest BCUT2D eigenvalue weighted by Gasteiger charge is -2.09. The highest BCUT2D eigenvalue weighted by Gasteiger charge is 2.18. The molecule has 0 spiro atoms. The number of aliphatic hydroxyl groups is 1. The summed E-state index contributed by atoms with van der Waals surface area (Å²) in [5.74, 6) is 0.715. The largest absolute Gasteiger partial charge is 0.493 e. The summed E-state index contributed by atoms with van der Waals surface area (Å²) in [5.41, 5.74) is 0.344. The van der Waals surface area contributed by atoms with Gasteiger partial charge in [-0.05, 0) is 6.07 Å². The Morgan fingerprint density at radius 1 is 1.31 bits per heavy atom. The van der Waals surface area contributed by atoms with Crippen LogP contribution in [0.25, 0.3) is 0 Å². The Morgan fingerprint density at radius 2 is 1.88 bits per heavy atom. The highest BCUT2D eigenvalue weighted by atomic mass is 16.6. The van der Waals surface area contributed by atoms with E-state index in [9.17, 15) is 10.1 Å². The first-order valence-electron chi connectivity index (χ1n) is 4.64. The van der Waals surface area contributed by atoms with Gasteiger partial charge in [-0.15, -0.1) is 0 Å². The van der Waals surface area contributed by atoms with E-state index in [1.165, 1.54) is 26.4 Å². The van der Waals surface area contributed by atoms with E-state index in [0.29, 0.717) is 17.1 Å². The number of benzene rings is 1. The Kier molecular flexibility index (Phi) is 4.07. The van der Waals surface area contributed by atoms with Crippen LogP contribution < -0.4 is 9.47 Å². The molecule has 0 aliphatic heterocycles. The third-order valence-electron chi connectivity index (χ3n) is 2.16. The lowest BCUT2D eigenvalue weighted by atomic mass is 10.1. The Balaban J connectivity index is 3.29. The fraction of sp³-hybridized carbons (Fsp3) is 0.400. The van der Waals surface area contributed by atoms with Crippen LogP contribution in [0.1, 0.15) is 5.56 Å². The average molecular weight is 227 g/mol. The Hall–Kier alpha value is -1.82. The van der Waals surface area contributed by atoms with Crippen molar-refractivity contribution in [3.8, 4) is 11.5 Å². The van der Waals surface area contributed by atoms with Gasteiger partial charge < -0.3 is 14.6 Å². The summed E-state index contributed by atoms with van der Waals surface area (Å²) in [6, 6.07) is 2.80.